The van der Waals surface area contributed by atoms with Crippen LogP contribution in [0.5, 0.6) is 0 Å². The lowest BCUT2D eigenvalue weighted by Gasteiger charge is -2.17. The third-order valence-electron chi connectivity index (χ3n) is 3.70. The summed E-state index contributed by atoms with van der Waals surface area (Å²) in [6.45, 7) is 3.75. The van der Waals surface area contributed by atoms with E-state index in [1.54, 1.807) is 13.0 Å². The first-order valence-corrected chi connectivity index (χ1v) is 8.77. The van der Waals surface area contributed by atoms with Gasteiger partial charge in [0.05, 0.1) is 15.6 Å². The molecule has 0 saturated heterocycles. The lowest BCUT2D eigenvalue weighted by Crippen LogP contribution is -2.34. The molecule has 1 saturated carbocycles. The summed E-state index contributed by atoms with van der Waals surface area (Å²) >= 11 is 5.97. The van der Waals surface area contributed by atoms with Gasteiger partial charge in [0.2, 0.25) is 10.0 Å². The van der Waals surface area contributed by atoms with E-state index in [-0.39, 0.29) is 10.9 Å². The zero-order valence-electron chi connectivity index (χ0n) is 11.8. The first-order chi connectivity index (χ1) is 9.33. The number of hydrogen-bond acceptors (Lipinski definition) is 3. The fourth-order valence-electron chi connectivity index (χ4n) is 2.26. The molecule has 0 radical (unpaired) electrons. The molecule has 1 atom stereocenters. The molecule has 3 N–H and O–H groups in total. The molecule has 0 spiro atoms. The van der Waals surface area contributed by atoms with Crippen molar-refractivity contribution < 1.29 is 8.42 Å². The van der Waals surface area contributed by atoms with Crippen LogP contribution in [0, 0.1) is 12.8 Å². The zero-order chi connectivity index (χ0) is 14.9. The zero-order valence-corrected chi connectivity index (χ0v) is 13.4. The van der Waals surface area contributed by atoms with Crippen LogP contribution in [0.1, 0.15) is 38.2 Å². The van der Waals surface area contributed by atoms with Crippen molar-refractivity contribution in [3.05, 3.63) is 22.7 Å². The molecular formula is C14H21ClN2O2S. The second-order valence-corrected chi connectivity index (χ2v) is 7.64. The van der Waals surface area contributed by atoms with Gasteiger partial charge in [-0.25, -0.2) is 13.1 Å². The van der Waals surface area contributed by atoms with E-state index in [4.69, 9.17) is 17.3 Å². The molecule has 2 rings (SSSR count). The molecule has 1 aromatic carbocycles. The van der Waals surface area contributed by atoms with Crippen molar-refractivity contribution in [2.75, 3.05) is 5.73 Å². The van der Waals surface area contributed by atoms with E-state index in [0.717, 1.165) is 12.8 Å². The smallest absolute Gasteiger partial charge is 0.240 e. The third-order valence-corrected chi connectivity index (χ3v) is 5.71. The third kappa shape index (κ3) is 3.65. The Morgan fingerprint density at radius 1 is 1.45 bits per heavy atom. The SMILES string of the molecule is CCC(CC1CC1)NS(=O)(=O)c1cc(C)c(Cl)c(N)c1. The van der Waals surface area contributed by atoms with Crippen molar-refractivity contribution in [2.45, 2.75) is 50.5 Å². The molecule has 0 aromatic heterocycles. The molecule has 4 nitrogen and oxygen atoms in total. The minimum atomic E-state index is -3.54. The number of nitrogen functional groups attached to an aromatic ring is 1. The molecule has 0 aliphatic heterocycles. The second kappa shape index (κ2) is 5.92. The van der Waals surface area contributed by atoms with Gasteiger partial charge in [0.1, 0.15) is 0 Å². The average Bonchev–Trinajstić information content (AvgIpc) is 3.18. The van der Waals surface area contributed by atoms with Crippen molar-refractivity contribution in [3.63, 3.8) is 0 Å². The summed E-state index contributed by atoms with van der Waals surface area (Å²) in [6.07, 6.45) is 4.13. The summed E-state index contributed by atoms with van der Waals surface area (Å²) in [5.41, 5.74) is 6.71. The Balaban J connectivity index is 2.20. The highest BCUT2D eigenvalue weighted by Gasteiger charge is 2.28. The molecule has 0 amide bonds. The minimum Gasteiger partial charge on any atom is -0.397 e. The molecule has 1 fully saturated rings. The van der Waals surface area contributed by atoms with Crippen molar-refractivity contribution in [1.82, 2.24) is 4.72 Å². The highest BCUT2D eigenvalue weighted by Crippen LogP contribution is 2.34. The molecule has 6 heteroatoms. The maximum absolute atomic E-state index is 12.4. The van der Waals surface area contributed by atoms with Crippen molar-refractivity contribution in [3.8, 4) is 0 Å². The van der Waals surface area contributed by atoms with E-state index in [1.165, 1.54) is 18.9 Å². The van der Waals surface area contributed by atoms with Crippen LogP contribution < -0.4 is 10.5 Å². The summed E-state index contributed by atoms with van der Waals surface area (Å²) < 4.78 is 27.6. The second-order valence-electron chi connectivity index (χ2n) is 5.55. The van der Waals surface area contributed by atoms with Gasteiger partial charge in [0, 0.05) is 6.04 Å². The fraction of sp³-hybridized carbons (Fsp3) is 0.571. The number of anilines is 1. The van der Waals surface area contributed by atoms with Gasteiger partial charge >= 0.3 is 0 Å². The molecule has 1 aromatic rings. The van der Waals surface area contributed by atoms with Gasteiger partial charge in [-0.15, -0.1) is 0 Å². The van der Waals surface area contributed by atoms with Crippen LogP contribution in [0.3, 0.4) is 0 Å². The number of nitrogens with one attached hydrogen (secondary N) is 1. The number of benzene rings is 1. The van der Waals surface area contributed by atoms with Crippen LogP contribution >= 0.6 is 11.6 Å². The topological polar surface area (TPSA) is 72.2 Å². The number of rotatable bonds is 6. The van der Waals surface area contributed by atoms with E-state index >= 15 is 0 Å². The van der Waals surface area contributed by atoms with Gasteiger partial charge in [-0.2, -0.15) is 0 Å². The lowest BCUT2D eigenvalue weighted by molar-refractivity contribution is 0.495. The van der Waals surface area contributed by atoms with Crippen LogP contribution in [-0.2, 0) is 10.0 Å². The molecule has 1 aliphatic rings. The highest BCUT2D eigenvalue weighted by molar-refractivity contribution is 7.89. The van der Waals surface area contributed by atoms with Crippen LogP contribution in [-0.4, -0.2) is 14.5 Å². The number of hydrogen-bond donors (Lipinski definition) is 2. The van der Waals surface area contributed by atoms with Gasteiger partial charge in [-0.1, -0.05) is 31.4 Å². The molecule has 20 heavy (non-hydrogen) atoms. The minimum absolute atomic E-state index is 0.00953. The van der Waals surface area contributed by atoms with Crippen molar-refractivity contribution >= 4 is 27.3 Å². The Bertz CT molecular complexity index is 574. The Labute approximate surface area is 125 Å². The van der Waals surface area contributed by atoms with E-state index in [1.807, 2.05) is 6.92 Å². The summed E-state index contributed by atoms with van der Waals surface area (Å²) in [6, 6.07) is 2.97. The fourth-order valence-corrected chi connectivity index (χ4v) is 3.82. The maximum Gasteiger partial charge on any atom is 0.240 e. The molecule has 0 heterocycles. The molecule has 1 aliphatic carbocycles. The predicted octanol–water partition coefficient (Wildman–Crippen LogP) is 3.09. The summed E-state index contributed by atoms with van der Waals surface area (Å²) in [5, 5.41) is 0.411. The number of sulfonamides is 1. The van der Waals surface area contributed by atoms with Gasteiger partial charge in [-0.05, 0) is 43.4 Å². The standard InChI is InChI=1S/C14H21ClN2O2S/c1-3-11(7-10-4-5-10)17-20(18,19)12-6-9(2)14(15)13(16)8-12/h6,8,10-11,17H,3-5,7,16H2,1-2H3. The van der Waals surface area contributed by atoms with Gasteiger partial charge in [0.15, 0.2) is 0 Å². The van der Waals surface area contributed by atoms with Crippen molar-refractivity contribution in [2.24, 2.45) is 5.92 Å². The van der Waals surface area contributed by atoms with Crippen LogP contribution in [0.2, 0.25) is 5.02 Å². The summed E-state index contributed by atoms with van der Waals surface area (Å²) in [4.78, 5) is 0.186. The van der Waals surface area contributed by atoms with Gasteiger partial charge in [0.25, 0.3) is 0 Å². The largest absolute Gasteiger partial charge is 0.397 e. The van der Waals surface area contributed by atoms with Gasteiger partial charge in [-0.3, -0.25) is 0 Å². The number of halogens is 1. The van der Waals surface area contributed by atoms with Gasteiger partial charge < -0.3 is 5.73 Å². The lowest BCUT2D eigenvalue weighted by atomic mass is 10.1. The Hall–Kier alpha value is -0.780. The Kier molecular flexibility index (Phi) is 4.62. The first-order valence-electron chi connectivity index (χ1n) is 6.91. The average molecular weight is 317 g/mol. The summed E-state index contributed by atoms with van der Waals surface area (Å²) in [7, 11) is -3.54. The molecule has 0 bridgehead atoms. The maximum atomic E-state index is 12.4. The van der Waals surface area contributed by atoms with Crippen molar-refractivity contribution in [1.29, 1.82) is 0 Å². The van der Waals surface area contributed by atoms with Crippen LogP contribution in [0.4, 0.5) is 5.69 Å². The molecule has 1 unspecified atom stereocenters. The van der Waals surface area contributed by atoms with E-state index in [0.29, 0.717) is 22.2 Å². The number of nitrogens with two attached hydrogens (primary N) is 1. The highest BCUT2D eigenvalue weighted by atomic mass is 35.5. The quantitative estimate of drug-likeness (QED) is 0.792. The number of aryl methyl sites for hydroxylation is 1. The first kappa shape index (κ1) is 15.6. The van der Waals surface area contributed by atoms with E-state index in [2.05, 4.69) is 4.72 Å². The normalized spacial score (nSPS) is 17.1. The Morgan fingerprint density at radius 2 is 2.10 bits per heavy atom. The monoisotopic (exact) mass is 316 g/mol. The predicted molar refractivity (Wildman–Crippen MR) is 82.3 cm³/mol. The van der Waals surface area contributed by atoms with Crippen LogP contribution in [0.25, 0.3) is 0 Å². The molecule has 112 valence electrons. The Morgan fingerprint density at radius 3 is 2.60 bits per heavy atom. The van der Waals surface area contributed by atoms with E-state index in [9.17, 15) is 8.42 Å². The summed E-state index contributed by atoms with van der Waals surface area (Å²) in [5.74, 6) is 0.680. The molecular weight excluding hydrogens is 296 g/mol. The van der Waals surface area contributed by atoms with Crippen LogP contribution in [0.15, 0.2) is 17.0 Å². The van der Waals surface area contributed by atoms with E-state index < -0.39 is 10.0 Å².